The molecule has 3 aromatic rings. The van der Waals surface area contributed by atoms with E-state index >= 15 is 0 Å². The number of hydrazone groups is 2. The van der Waals surface area contributed by atoms with Crippen LogP contribution in [0.2, 0.25) is 0 Å². The van der Waals surface area contributed by atoms with Gasteiger partial charge in [0.1, 0.15) is 11.5 Å². The van der Waals surface area contributed by atoms with Crippen LogP contribution in [0.1, 0.15) is 50.7 Å². The molecule has 0 aliphatic rings. The molecule has 0 saturated heterocycles. The van der Waals surface area contributed by atoms with Gasteiger partial charge in [0.2, 0.25) is 23.6 Å². The van der Waals surface area contributed by atoms with Gasteiger partial charge in [0, 0.05) is 37.1 Å². The summed E-state index contributed by atoms with van der Waals surface area (Å²) in [6, 6.07) is 21.0. The summed E-state index contributed by atoms with van der Waals surface area (Å²) in [5, 5.41) is 13.3. The number of nitrogens with one attached hydrogen (secondary N) is 4. The molecule has 4 N–H and O–H groups in total. The number of benzene rings is 3. The lowest BCUT2D eigenvalue weighted by atomic mass is 10.2. The Kier molecular flexibility index (Phi) is 13.6. The Morgan fingerprint density at radius 3 is 1.23 bits per heavy atom. The van der Waals surface area contributed by atoms with Crippen LogP contribution in [-0.4, -0.2) is 49.3 Å². The van der Waals surface area contributed by atoms with Gasteiger partial charge in [-0.25, -0.2) is 10.9 Å². The van der Waals surface area contributed by atoms with Crippen LogP contribution in [0.4, 0.5) is 11.4 Å². The molecule has 0 aromatic heterocycles. The SMILES string of the molecule is CCOc1ccc(NC(=O)CCC(=O)NN=Cc2ccc(C=NNC(=O)CCC(=O)Nc3ccc(OCC)cc3)cc2)cc1. The second-order valence-electron chi connectivity index (χ2n) is 9.26. The van der Waals surface area contributed by atoms with Gasteiger partial charge in [-0.05, 0) is 73.5 Å². The van der Waals surface area contributed by atoms with E-state index in [2.05, 4.69) is 31.7 Å². The summed E-state index contributed by atoms with van der Waals surface area (Å²) < 4.78 is 10.7. The Morgan fingerprint density at radius 2 is 0.886 bits per heavy atom. The average Bonchev–Trinajstić information content (AvgIpc) is 3.02. The number of ether oxygens (including phenoxy) is 2. The van der Waals surface area contributed by atoms with Gasteiger partial charge in [-0.15, -0.1) is 0 Å². The van der Waals surface area contributed by atoms with E-state index in [9.17, 15) is 19.2 Å². The number of carbonyl (C=O) groups is 4. The third-order valence-corrected chi connectivity index (χ3v) is 5.80. The average molecular weight is 601 g/mol. The third kappa shape index (κ3) is 12.6. The monoisotopic (exact) mass is 600 g/mol. The quantitative estimate of drug-likeness (QED) is 0.142. The summed E-state index contributed by atoms with van der Waals surface area (Å²) in [6.45, 7) is 4.90. The molecular formula is C32H36N6O6. The fourth-order valence-corrected chi connectivity index (χ4v) is 3.64. The minimum atomic E-state index is -0.392. The zero-order chi connectivity index (χ0) is 31.6. The van der Waals surface area contributed by atoms with Gasteiger partial charge in [0.05, 0.1) is 25.6 Å². The summed E-state index contributed by atoms with van der Waals surface area (Å²) >= 11 is 0. The number of amides is 4. The molecule has 44 heavy (non-hydrogen) atoms. The molecule has 0 bridgehead atoms. The summed E-state index contributed by atoms with van der Waals surface area (Å²) in [5.41, 5.74) is 7.48. The van der Waals surface area contributed by atoms with Crippen molar-refractivity contribution in [3.63, 3.8) is 0 Å². The van der Waals surface area contributed by atoms with Crippen LogP contribution in [0.15, 0.2) is 83.0 Å². The van der Waals surface area contributed by atoms with Gasteiger partial charge in [0.15, 0.2) is 0 Å². The fourth-order valence-electron chi connectivity index (χ4n) is 3.64. The first-order valence-corrected chi connectivity index (χ1v) is 14.1. The van der Waals surface area contributed by atoms with Crippen LogP contribution in [0.5, 0.6) is 11.5 Å². The predicted octanol–water partition coefficient (Wildman–Crippen LogP) is 4.22. The van der Waals surface area contributed by atoms with Gasteiger partial charge in [-0.2, -0.15) is 10.2 Å². The molecule has 0 atom stereocenters. The van der Waals surface area contributed by atoms with Crippen molar-refractivity contribution in [2.75, 3.05) is 23.8 Å². The van der Waals surface area contributed by atoms with Gasteiger partial charge in [0.25, 0.3) is 0 Å². The Balaban J connectivity index is 1.30. The van der Waals surface area contributed by atoms with E-state index in [-0.39, 0.29) is 37.5 Å². The van der Waals surface area contributed by atoms with Gasteiger partial charge in [-0.1, -0.05) is 24.3 Å². The van der Waals surface area contributed by atoms with E-state index in [0.717, 1.165) is 11.1 Å². The van der Waals surface area contributed by atoms with Crippen molar-refractivity contribution in [2.24, 2.45) is 10.2 Å². The van der Waals surface area contributed by atoms with Gasteiger partial charge >= 0.3 is 0 Å². The molecule has 3 aromatic carbocycles. The largest absolute Gasteiger partial charge is 0.494 e. The first-order valence-electron chi connectivity index (χ1n) is 14.1. The molecule has 0 spiro atoms. The maximum atomic E-state index is 12.1. The van der Waals surface area contributed by atoms with E-state index in [0.29, 0.717) is 36.1 Å². The standard InChI is InChI=1S/C32H36N6O6/c1-3-43-27-13-9-25(10-14-27)35-29(39)17-19-31(41)37-33-21-23-5-7-24(8-6-23)22-34-38-32(42)20-18-30(40)36-26-11-15-28(16-12-26)44-4-2/h5-16,21-22H,3-4,17-20H2,1-2H3,(H,35,39)(H,36,40)(H,37,41)(H,38,42). The summed E-state index contributed by atoms with van der Waals surface area (Å²) in [5.74, 6) is 0.0731. The number of carbonyl (C=O) groups excluding carboxylic acids is 4. The third-order valence-electron chi connectivity index (χ3n) is 5.80. The zero-order valence-electron chi connectivity index (χ0n) is 24.7. The number of hydrogen-bond donors (Lipinski definition) is 4. The number of hydrogen-bond acceptors (Lipinski definition) is 8. The van der Waals surface area contributed by atoms with Crippen LogP contribution in [0.3, 0.4) is 0 Å². The molecule has 0 aliphatic heterocycles. The lowest BCUT2D eigenvalue weighted by Gasteiger charge is -2.07. The second-order valence-corrected chi connectivity index (χ2v) is 9.26. The molecular weight excluding hydrogens is 564 g/mol. The number of rotatable bonds is 16. The van der Waals surface area contributed by atoms with Gasteiger partial charge in [-0.3, -0.25) is 19.2 Å². The van der Waals surface area contributed by atoms with Crippen molar-refractivity contribution >= 4 is 47.4 Å². The van der Waals surface area contributed by atoms with Crippen LogP contribution in [-0.2, 0) is 19.2 Å². The smallest absolute Gasteiger partial charge is 0.240 e. The molecule has 3 rings (SSSR count). The molecule has 4 amide bonds. The molecule has 0 unspecified atom stereocenters. The van der Waals surface area contributed by atoms with Crippen molar-refractivity contribution in [1.29, 1.82) is 0 Å². The van der Waals surface area contributed by atoms with Crippen LogP contribution in [0.25, 0.3) is 0 Å². The summed E-state index contributed by atoms with van der Waals surface area (Å²) in [6.07, 6.45) is 2.92. The van der Waals surface area contributed by atoms with Crippen molar-refractivity contribution in [1.82, 2.24) is 10.9 Å². The highest BCUT2D eigenvalue weighted by atomic mass is 16.5. The lowest BCUT2D eigenvalue weighted by molar-refractivity contribution is -0.124. The molecule has 230 valence electrons. The van der Waals surface area contributed by atoms with Crippen LogP contribution >= 0.6 is 0 Å². The summed E-state index contributed by atoms with van der Waals surface area (Å²) in [7, 11) is 0. The van der Waals surface area contributed by atoms with Crippen molar-refractivity contribution in [3.8, 4) is 11.5 Å². The maximum absolute atomic E-state index is 12.1. The second kappa shape index (κ2) is 18.1. The zero-order valence-corrected chi connectivity index (χ0v) is 24.7. The van der Waals surface area contributed by atoms with E-state index in [4.69, 9.17) is 9.47 Å². The highest BCUT2D eigenvalue weighted by molar-refractivity contribution is 5.94. The topological polar surface area (TPSA) is 160 Å². The van der Waals surface area contributed by atoms with E-state index < -0.39 is 11.8 Å². The van der Waals surface area contributed by atoms with Crippen molar-refractivity contribution in [2.45, 2.75) is 39.5 Å². The first-order chi connectivity index (χ1) is 21.3. The maximum Gasteiger partial charge on any atom is 0.240 e. The molecule has 12 nitrogen and oxygen atoms in total. The highest BCUT2D eigenvalue weighted by Gasteiger charge is 2.08. The highest BCUT2D eigenvalue weighted by Crippen LogP contribution is 2.17. The molecule has 0 saturated carbocycles. The van der Waals surface area contributed by atoms with E-state index in [1.54, 1.807) is 72.8 Å². The summed E-state index contributed by atoms with van der Waals surface area (Å²) in [4.78, 5) is 48.3. The van der Waals surface area contributed by atoms with E-state index in [1.807, 2.05) is 13.8 Å². The molecule has 0 fully saturated rings. The Hall–Kier alpha value is -5.52. The van der Waals surface area contributed by atoms with Crippen LogP contribution in [0, 0.1) is 0 Å². The molecule has 0 aliphatic carbocycles. The van der Waals surface area contributed by atoms with Crippen molar-refractivity contribution in [3.05, 3.63) is 83.9 Å². The fraction of sp³-hybridized carbons (Fsp3) is 0.250. The predicted molar refractivity (Wildman–Crippen MR) is 169 cm³/mol. The van der Waals surface area contributed by atoms with Gasteiger partial charge < -0.3 is 20.1 Å². The minimum Gasteiger partial charge on any atom is -0.494 e. The van der Waals surface area contributed by atoms with Crippen molar-refractivity contribution < 1.29 is 28.7 Å². The Labute approximate surface area is 255 Å². The Morgan fingerprint density at radius 1 is 0.545 bits per heavy atom. The normalized spacial score (nSPS) is 10.8. The first kappa shape index (κ1) is 33.0. The Bertz CT molecular complexity index is 1330. The lowest BCUT2D eigenvalue weighted by Crippen LogP contribution is -2.20. The number of nitrogens with zero attached hydrogens (tertiary/aromatic N) is 2. The van der Waals surface area contributed by atoms with E-state index in [1.165, 1.54) is 12.4 Å². The number of anilines is 2. The molecule has 0 heterocycles. The van der Waals surface area contributed by atoms with Crippen LogP contribution < -0.4 is 31.0 Å². The molecule has 12 heteroatoms. The molecule has 0 radical (unpaired) electrons. The minimum absolute atomic E-state index is 0.0100.